The Kier molecular flexibility index (Phi) is 4.48. The molecule has 0 saturated heterocycles. The molecule has 0 unspecified atom stereocenters. The SMILES string of the molecule is N#CCNC(=O)CNc1c(F)c(F)cc(F)c1F. The number of anilines is 1. The lowest BCUT2D eigenvalue weighted by atomic mass is 10.2. The van der Waals surface area contributed by atoms with Gasteiger partial charge >= 0.3 is 0 Å². The highest BCUT2D eigenvalue weighted by atomic mass is 19.2. The first-order chi connectivity index (χ1) is 8.47. The number of hydrogen-bond acceptors (Lipinski definition) is 3. The second-order valence-corrected chi connectivity index (χ2v) is 3.13. The highest BCUT2D eigenvalue weighted by molar-refractivity contribution is 5.80. The predicted octanol–water partition coefficient (Wildman–Crippen LogP) is 1.29. The average molecular weight is 261 g/mol. The van der Waals surface area contributed by atoms with Crippen LogP contribution in [0.1, 0.15) is 0 Å². The normalized spacial score (nSPS) is 9.72. The van der Waals surface area contributed by atoms with Crippen LogP contribution in [0.2, 0.25) is 0 Å². The fourth-order valence-electron chi connectivity index (χ4n) is 1.10. The molecule has 0 aliphatic heterocycles. The Morgan fingerprint density at radius 1 is 1.22 bits per heavy atom. The molecule has 0 aliphatic rings. The van der Waals surface area contributed by atoms with E-state index in [1.54, 1.807) is 6.07 Å². The molecule has 18 heavy (non-hydrogen) atoms. The maximum absolute atomic E-state index is 13.1. The predicted molar refractivity (Wildman–Crippen MR) is 53.4 cm³/mol. The number of nitrogens with one attached hydrogen (secondary N) is 2. The number of nitrogens with zero attached hydrogens (tertiary/aromatic N) is 1. The van der Waals surface area contributed by atoms with Gasteiger partial charge in [-0.1, -0.05) is 0 Å². The van der Waals surface area contributed by atoms with Crippen LogP contribution in [0.4, 0.5) is 23.2 Å². The molecule has 1 amide bonds. The van der Waals surface area contributed by atoms with Gasteiger partial charge in [0.05, 0.1) is 12.6 Å². The van der Waals surface area contributed by atoms with E-state index < -0.39 is 41.4 Å². The Bertz CT molecular complexity index is 487. The van der Waals surface area contributed by atoms with Crippen molar-refractivity contribution in [3.63, 3.8) is 0 Å². The minimum Gasteiger partial charge on any atom is -0.371 e. The van der Waals surface area contributed by atoms with Gasteiger partial charge in [-0.3, -0.25) is 4.79 Å². The van der Waals surface area contributed by atoms with Gasteiger partial charge in [-0.2, -0.15) is 5.26 Å². The summed E-state index contributed by atoms with van der Waals surface area (Å²) in [6.07, 6.45) is 0. The van der Waals surface area contributed by atoms with Gasteiger partial charge in [0.15, 0.2) is 23.3 Å². The zero-order valence-electron chi connectivity index (χ0n) is 8.86. The molecule has 1 aromatic carbocycles. The van der Waals surface area contributed by atoms with Crippen molar-refractivity contribution in [3.8, 4) is 6.07 Å². The van der Waals surface area contributed by atoms with E-state index in [-0.39, 0.29) is 12.6 Å². The summed E-state index contributed by atoms with van der Waals surface area (Å²) in [7, 11) is 0. The van der Waals surface area contributed by atoms with Crippen LogP contribution in [0, 0.1) is 34.6 Å². The van der Waals surface area contributed by atoms with Gasteiger partial charge in [0.25, 0.3) is 0 Å². The van der Waals surface area contributed by atoms with E-state index in [0.717, 1.165) is 0 Å². The van der Waals surface area contributed by atoms with Gasteiger partial charge < -0.3 is 10.6 Å². The summed E-state index contributed by atoms with van der Waals surface area (Å²) in [6.45, 7) is -0.915. The van der Waals surface area contributed by atoms with Gasteiger partial charge in [0.2, 0.25) is 5.91 Å². The molecule has 0 atom stereocenters. The quantitative estimate of drug-likeness (QED) is 0.487. The first kappa shape index (κ1) is 13.8. The maximum Gasteiger partial charge on any atom is 0.240 e. The lowest BCUT2D eigenvalue weighted by Crippen LogP contribution is -2.30. The average Bonchev–Trinajstić information content (AvgIpc) is 2.34. The molecule has 0 spiro atoms. The smallest absolute Gasteiger partial charge is 0.240 e. The number of hydrogen-bond donors (Lipinski definition) is 2. The van der Waals surface area contributed by atoms with E-state index in [9.17, 15) is 22.4 Å². The van der Waals surface area contributed by atoms with Gasteiger partial charge in [0.1, 0.15) is 12.2 Å². The van der Waals surface area contributed by atoms with Crippen molar-refractivity contribution in [1.82, 2.24) is 5.32 Å². The summed E-state index contributed by atoms with van der Waals surface area (Å²) >= 11 is 0. The van der Waals surface area contributed by atoms with Crippen LogP contribution in [0.25, 0.3) is 0 Å². The number of carbonyl (C=O) groups excluding carboxylic acids is 1. The molecule has 0 aromatic heterocycles. The van der Waals surface area contributed by atoms with Crippen molar-refractivity contribution < 1.29 is 22.4 Å². The molecule has 96 valence electrons. The van der Waals surface area contributed by atoms with E-state index in [4.69, 9.17) is 5.26 Å². The van der Waals surface area contributed by atoms with E-state index >= 15 is 0 Å². The molecule has 0 fully saturated rings. The van der Waals surface area contributed by atoms with Crippen LogP contribution in [0.5, 0.6) is 0 Å². The summed E-state index contributed by atoms with van der Waals surface area (Å²) in [4.78, 5) is 11.0. The Balaban J connectivity index is 2.79. The van der Waals surface area contributed by atoms with Crippen molar-refractivity contribution >= 4 is 11.6 Å². The van der Waals surface area contributed by atoms with E-state index in [0.29, 0.717) is 0 Å². The van der Waals surface area contributed by atoms with Crippen molar-refractivity contribution in [2.45, 2.75) is 0 Å². The molecule has 1 aromatic rings. The molecule has 0 bridgehead atoms. The molecule has 8 heteroatoms. The van der Waals surface area contributed by atoms with Crippen LogP contribution in [0.3, 0.4) is 0 Å². The van der Waals surface area contributed by atoms with Crippen molar-refractivity contribution in [1.29, 1.82) is 5.26 Å². The third-order valence-corrected chi connectivity index (χ3v) is 1.90. The largest absolute Gasteiger partial charge is 0.371 e. The fraction of sp³-hybridized carbons (Fsp3) is 0.200. The summed E-state index contributed by atoms with van der Waals surface area (Å²) in [6, 6.07) is 1.67. The Hall–Kier alpha value is -2.30. The van der Waals surface area contributed by atoms with Gasteiger partial charge in [-0.05, 0) is 0 Å². The lowest BCUT2D eigenvalue weighted by Gasteiger charge is -2.09. The van der Waals surface area contributed by atoms with Crippen molar-refractivity contribution in [3.05, 3.63) is 29.3 Å². The molecular weight excluding hydrogens is 254 g/mol. The van der Waals surface area contributed by atoms with Crippen LogP contribution in [-0.2, 0) is 4.79 Å². The van der Waals surface area contributed by atoms with E-state index in [1.807, 2.05) is 5.32 Å². The maximum atomic E-state index is 13.1. The second-order valence-electron chi connectivity index (χ2n) is 3.13. The van der Waals surface area contributed by atoms with Gasteiger partial charge in [-0.15, -0.1) is 0 Å². The van der Waals surface area contributed by atoms with Gasteiger partial charge in [-0.25, -0.2) is 17.6 Å². The minimum atomic E-state index is -1.62. The summed E-state index contributed by atoms with van der Waals surface area (Å²) in [5.74, 6) is -7.15. The molecule has 2 N–H and O–H groups in total. The van der Waals surface area contributed by atoms with E-state index in [1.165, 1.54) is 0 Å². The number of carbonyl (C=O) groups is 1. The minimum absolute atomic E-state index is 0.0611. The Labute approximate surface area is 99.2 Å². The first-order valence-electron chi connectivity index (χ1n) is 4.68. The highest BCUT2D eigenvalue weighted by Crippen LogP contribution is 2.23. The standard InChI is InChI=1S/C10H7F4N3O/c11-5-3-6(12)9(14)10(8(5)13)17-4-7(18)16-2-1-15/h3,17H,2,4H2,(H,16,18). The molecule has 0 radical (unpaired) electrons. The number of benzene rings is 1. The van der Waals surface area contributed by atoms with Crippen LogP contribution in [-0.4, -0.2) is 19.0 Å². The highest BCUT2D eigenvalue weighted by Gasteiger charge is 2.19. The lowest BCUT2D eigenvalue weighted by molar-refractivity contribution is -0.119. The van der Waals surface area contributed by atoms with Crippen LogP contribution < -0.4 is 10.6 Å². The van der Waals surface area contributed by atoms with Crippen molar-refractivity contribution in [2.24, 2.45) is 0 Å². The van der Waals surface area contributed by atoms with Crippen LogP contribution in [0.15, 0.2) is 6.07 Å². The second kappa shape index (κ2) is 5.86. The third-order valence-electron chi connectivity index (χ3n) is 1.90. The fourth-order valence-corrected chi connectivity index (χ4v) is 1.10. The molecular formula is C10H7F4N3O. The van der Waals surface area contributed by atoms with Crippen LogP contribution >= 0.6 is 0 Å². The third kappa shape index (κ3) is 3.10. The Morgan fingerprint density at radius 2 is 1.78 bits per heavy atom. The van der Waals surface area contributed by atoms with Crippen molar-refractivity contribution in [2.75, 3.05) is 18.4 Å². The molecule has 0 heterocycles. The number of amides is 1. The number of halogens is 4. The zero-order chi connectivity index (χ0) is 13.7. The molecule has 1 rings (SSSR count). The first-order valence-corrected chi connectivity index (χ1v) is 4.68. The Morgan fingerprint density at radius 3 is 2.28 bits per heavy atom. The molecule has 0 saturated carbocycles. The zero-order valence-corrected chi connectivity index (χ0v) is 8.86. The summed E-state index contributed by atoms with van der Waals surface area (Å²) in [5.41, 5.74) is -1.07. The summed E-state index contributed by atoms with van der Waals surface area (Å²) in [5, 5.41) is 12.2. The molecule has 4 nitrogen and oxygen atoms in total. The number of nitriles is 1. The van der Waals surface area contributed by atoms with Gasteiger partial charge in [0, 0.05) is 6.07 Å². The topological polar surface area (TPSA) is 64.9 Å². The molecule has 0 aliphatic carbocycles. The monoisotopic (exact) mass is 261 g/mol. The summed E-state index contributed by atoms with van der Waals surface area (Å²) < 4.78 is 51.8. The van der Waals surface area contributed by atoms with E-state index in [2.05, 4.69) is 5.32 Å². The number of rotatable bonds is 4.